The van der Waals surface area contributed by atoms with Crippen molar-refractivity contribution in [2.75, 3.05) is 0 Å². The van der Waals surface area contributed by atoms with Crippen molar-refractivity contribution in [1.29, 1.82) is 5.26 Å². The lowest BCUT2D eigenvalue weighted by molar-refractivity contribution is 0.196. The molecule has 0 spiro atoms. The van der Waals surface area contributed by atoms with E-state index in [9.17, 15) is 5.11 Å². The highest BCUT2D eigenvalue weighted by Gasteiger charge is 2.10. The summed E-state index contributed by atoms with van der Waals surface area (Å²) >= 11 is 1.41. The topological polar surface area (TPSA) is 69.8 Å². The summed E-state index contributed by atoms with van der Waals surface area (Å²) in [6, 6.07) is 9.11. The van der Waals surface area contributed by atoms with Crippen LogP contribution in [0.4, 0.5) is 0 Å². The molecule has 1 aromatic heterocycles. The zero-order valence-corrected chi connectivity index (χ0v) is 10.6. The van der Waals surface area contributed by atoms with Crippen LogP contribution in [0.1, 0.15) is 24.2 Å². The minimum atomic E-state index is -0.581. The fourth-order valence-electron chi connectivity index (χ4n) is 1.49. The van der Waals surface area contributed by atoms with Gasteiger partial charge in [0.15, 0.2) is 0 Å². The molecule has 0 aliphatic heterocycles. The van der Waals surface area contributed by atoms with Crippen LogP contribution in [0.3, 0.4) is 0 Å². The molecule has 0 fully saturated rings. The Morgan fingerprint density at radius 3 is 2.83 bits per heavy atom. The highest BCUT2D eigenvalue weighted by atomic mass is 32.2. The highest BCUT2D eigenvalue weighted by molar-refractivity contribution is 7.99. The molecule has 0 bridgehead atoms. The van der Waals surface area contributed by atoms with Crippen LogP contribution in [0.2, 0.25) is 0 Å². The van der Waals surface area contributed by atoms with Gasteiger partial charge < -0.3 is 5.11 Å². The van der Waals surface area contributed by atoms with E-state index in [1.165, 1.54) is 18.1 Å². The van der Waals surface area contributed by atoms with Crippen molar-refractivity contribution in [3.8, 4) is 6.07 Å². The van der Waals surface area contributed by atoms with Gasteiger partial charge in [-0.05, 0) is 30.7 Å². The van der Waals surface area contributed by atoms with Gasteiger partial charge in [-0.1, -0.05) is 17.8 Å². The fraction of sp³-hybridized carbons (Fsp3) is 0.154. The van der Waals surface area contributed by atoms with E-state index in [4.69, 9.17) is 5.26 Å². The summed E-state index contributed by atoms with van der Waals surface area (Å²) in [7, 11) is 0. The molecular formula is C13H11N3OS. The first-order valence-electron chi connectivity index (χ1n) is 5.36. The molecule has 0 saturated heterocycles. The predicted molar refractivity (Wildman–Crippen MR) is 67.9 cm³/mol. The third-order valence-corrected chi connectivity index (χ3v) is 3.39. The van der Waals surface area contributed by atoms with Crippen molar-refractivity contribution in [3.63, 3.8) is 0 Å². The van der Waals surface area contributed by atoms with E-state index in [1.54, 1.807) is 37.4 Å². The number of aromatic nitrogens is 2. The lowest BCUT2D eigenvalue weighted by atomic mass is 10.1. The van der Waals surface area contributed by atoms with Crippen LogP contribution in [0, 0.1) is 11.3 Å². The molecule has 2 rings (SSSR count). The maximum absolute atomic E-state index is 9.72. The monoisotopic (exact) mass is 257 g/mol. The second kappa shape index (κ2) is 5.63. The summed E-state index contributed by atoms with van der Waals surface area (Å²) in [5, 5.41) is 19.4. The summed E-state index contributed by atoms with van der Waals surface area (Å²) in [5.74, 6) is 0. The van der Waals surface area contributed by atoms with E-state index in [1.807, 2.05) is 0 Å². The molecule has 1 heterocycles. The Labute approximate surface area is 109 Å². The van der Waals surface area contributed by atoms with Gasteiger partial charge in [-0.15, -0.1) is 0 Å². The van der Waals surface area contributed by atoms with Crippen LogP contribution in [0.15, 0.2) is 46.7 Å². The lowest BCUT2D eigenvalue weighted by Gasteiger charge is -2.11. The molecular weight excluding hydrogens is 246 g/mol. The van der Waals surface area contributed by atoms with Gasteiger partial charge in [0.1, 0.15) is 11.4 Å². The van der Waals surface area contributed by atoms with Gasteiger partial charge in [-0.25, -0.2) is 9.97 Å². The largest absolute Gasteiger partial charge is 0.389 e. The summed E-state index contributed by atoms with van der Waals surface area (Å²) in [5.41, 5.74) is 1.36. The number of benzene rings is 1. The highest BCUT2D eigenvalue weighted by Crippen LogP contribution is 2.32. The number of rotatable bonds is 3. The van der Waals surface area contributed by atoms with E-state index in [0.29, 0.717) is 5.56 Å². The van der Waals surface area contributed by atoms with Gasteiger partial charge in [0.25, 0.3) is 0 Å². The van der Waals surface area contributed by atoms with E-state index in [-0.39, 0.29) is 0 Å². The molecule has 0 unspecified atom stereocenters. The molecule has 2 aromatic rings. The summed E-state index contributed by atoms with van der Waals surface area (Å²) in [6.45, 7) is 1.70. The molecule has 1 atom stereocenters. The summed E-state index contributed by atoms with van der Waals surface area (Å²) in [6.07, 6.45) is 2.55. The van der Waals surface area contributed by atoms with Gasteiger partial charge >= 0.3 is 0 Å². The van der Waals surface area contributed by atoms with E-state index < -0.39 is 6.10 Å². The smallest absolute Gasteiger partial charge is 0.116 e. The molecule has 18 heavy (non-hydrogen) atoms. The SMILES string of the molecule is C[C@@H](O)c1ccc(C#N)cc1Sc1ccncn1. The van der Waals surface area contributed by atoms with Crippen molar-refractivity contribution >= 4 is 11.8 Å². The van der Waals surface area contributed by atoms with Crippen molar-refractivity contribution in [1.82, 2.24) is 9.97 Å². The third kappa shape index (κ3) is 2.86. The molecule has 0 radical (unpaired) electrons. The second-order valence-electron chi connectivity index (χ2n) is 3.69. The Bertz CT molecular complexity index is 579. The quantitative estimate of drug-likeness (QED) is 0.856. The van der Waals surface area contributed by atoms with Crippen molar-refractivity contribution in [3.05, 3.63) is 47.9 Å². The minimum absolute atomic E-state index is 0.566. The maximum atomic E-state index is 9.72. The maximum Gasteiger partial charge on any atom is 0.116 e. The van der Waals surface area contributed by atoms with Gasteiger partial charge in [0.2, 0.25) is 0 Å². The predicted octanol–water partition coefficient (Wildman–Crippen LogP) is 2.55. The van der Waals surface area contributed by atoms with Crippen LogP contribution >= 0.6 is 11.8 Å². The Kier molecular flexibility index (Phi) is 3.92. The Morgan fingerprint density at radius 1 is 1.39 bits per heavy atom. The number of hydrogen-bond acceptors (Lipinski definition) is 5. The number of nitriles is 1. The first kappa shape index (κ1) is 12.6. The van der Waals surface area contributed by atoms with Crippen LogP contribution < -0.4 is 0 Å². The minimum Gasteiger partial charge on any atom is -0.389 e. The number of aliphatic hydroxyl groups excluding tert-OH is 1. The number of aliphatic hydroxyl groups is 1. The molecule has 0 saturated carbocycles. The Balaban J connectivity index is 2.39. The lowest BCUT2D eigenvalue weighted by Crippen LogP contribution is -1.95. The standard InChI is InChI=1S/C13H11N3OS/c1-9(17)11-3-2-10(7-14)6-12(11)18-13-4-5-15-8-16-13/h2-6,8-9,17H,1H3/t9-/m1/s1. The Morgan fingerprint density at radius 2 is 2.22 bits per heavy atom. The van der Waals surface area contributed by atoms with Crippen LogP contribution in [0.5, 0.6) is 0 Å². The normalized spacial score (nSPS) is 11.8. The van der Waals surface area contributed by atoms with Crippen LogP contribution in [0.25, 0.3) is 0 Å². The average molecular weight is 257 g/mol. The zero-order chi connectivity index (χ0) is 13.0. The average Bonchev–Trinajstić information content (AvgIpc) is 2.39. The first-order chi connectivity index (χ1) is 8.70. The van der Waals surface area contributed by atoms with Crippen molar-refractivity contribution in [2.24, 2.45) is 0 Å². The van der Waals surface area contributed by atoms with Gasteiger partial charge in [-0.3, -0.25) is 0 Å². The molecule has 1 N–H and O–H groups in total. The molecule has 0 aliphatic carbocycles. The fourth-order valence-corrected chi connectivity index (χ4v) is 2.49. The van der Waals surface area contributed by atoms with E-state index in [0.717, 1.165) is 15.5 Å². The molecule has 5 heteroatoms. The third-order valence-electron chi connectivity index (χ3n) is 2.36. The van der Waals surface area contributed by atoms with Crippen LogP contribution in [-0.4, -0.2) is 15.1 Å². The summed E-state index contributed by atoms with van der Waals surface area (Å²) < 4.78 is 0. The van der Waals surface area contributed by atoms with Gasteiger partial charge in [-0.2, -0.15) is 5.26 Å². The molecule has 90 valence electrons. The molecule has 0 amide bonds. The number of hydrogen-bond donors (Lipinski definition) is 1. The second-order valence-corrected chi connectivity index (χ2v) is 4.75. The van der Waals surface area contributed by atoms with Crippen LogP contribution in [-0.2, 0) is 0 Å². The first-order valence-corrected chi connectivity index (χ1v) is 6.18. The Hall–Kier alpha value is -1.90. The molecule has 1 aromatic carbocycles. The zero-order valence-electron chi connectivity index (χ0n) is 9.74. The number of nitrogens with zero attached hydrogens (tertiary/aromatic N) is 3. The van der Waals surface area contributed by atoms with Gasteiger partial charge in [0.05, 0.1) is 17.7 Å². The van der Waals surface area contributed by atoms with E-state index >= 15 is 0 Å². The van der Waals surface area contributed by atoms with E-state index in [2.05, 4.69) is 16.0 Å². The van der Waals surface area contributed by atoms with Gasteiger partial charge in [0, 0.05) is 11.1 Å². The molecule has 4 nitrogen and oxygen atoms in total. The van der Waals surface area contributed by atoms with Crippen molar-refractivity contribution in [2.45, 2.75) is 22.9 Å². The molecule has 0 aliphatic rings. The van der Waals surface area contributed by atoms with Crippen molar-refractivity contribution < 1.29 is 5.11 Å². The summed E-state index contributed by atoms with van der Waals surface area (Å²) in [4.78, 5) is 8.81.